The van der Waals surface area contributed by atoms with Crippen molar-refractivity contribution in [3.63, 3.8) is 0 Å². The molecule has 0 saturated carbocycles. The lowest BCUT2D eigenvalue weighted by Crippen LogP contribution is -2.00. The van der Waals surface area contributed by atoms with Crippen LogP contribution < -0.4 is 0 Å². The van der Waals surface area contributed by atoms with E-state index >= 15 is 0 Å². The molecule has 0 amide bonds. The molecule has 1 aromatic carbocycles. The fraction of sp³-hybridized carbons (Fsp3) is 0.250. The average Bonchev–Trinajstić information content (AvgIpc) is 2.74. The topological polar surface area (TPSA) is 38.0 Å². The summed E-state index contributed by atoms with van der Waals surface area (Å²) in [5.74, 6) is 0. The third-order valence-electron chi connectivity index (χ3n) is 2.47. The summed E-state index contributed by atoms with van der Waals surface area (Å²) in [4.78, 5) is 0.0923. The van der Waals surface area contributed by atoms with Crippen molar-refractivity contribution in [1.29, 1.82) is 0 Å². The zero-order valence-electron chi connectivity index (χ0n) is 9.93. The van der Waals surface area contributed by atoms with Gasteiger partial charge in [0.25, 0.3) is 0 Å². The first-order valence-corrected chi connectivity index (χ1v) is 6.19. The van der Waals surface area contributed by atoms with Crippen molar-refractivity contribution in [2.75, 3.05) is 0 Å². The van der Waals surface area contributed by atoms with Crippen molar-refractivity contribution >= 4 is 11.8 Å². The highest BCUT2D eigenvalue weighted by molar-refractivity contribution is 8.00. The van der Waals surface area contributed by atoms with Crippen molar-refractivity contribution < 1.29 is 18.3 Å². The van der Waals surface area contributed by atoms with Gasteiger partial charge in [0.15, 0.2) is 0 Å². The lowest BCUT2D eigenvalue weighted by atomic mass is 10.1. The molecule has 0 bridgehead atoms. The predicted octanol–water partition coefficient (Wildman–Crippen LogP) is 3.11. The molecule has 1 unspecified atom stereocenters. The van der Waals surface area contributed by atoms with Crippen molar-refractivity contribution in [3.05, 3.63) is 47.8 Å². The van der Waals surface area contributed by atoms with E-state index in [4.69, 9.17) is 0 Å². The van der Waals surface area contributed by atoms with Crippen LogP contribution in [0.4, 0.5) is 13.2 Å². The molecule has 1 aromatic heterocycles. The summed E-state index contributed by atoms with van der Waals surface area (Å²) < 4.78 is 38.1. The van der Waals surface area contributed by atoms with Crippen LogP contribution in [0.2, 0.25) is 0 Å². The van der Waals surface area contributed by atoms with Crippen LogP contribution in [-0.2, 0) is 7.05 Å². The molecule has 2 aromatic rings. The Morgan fingerprint density at radius 3 is 2.32 bits per heavy atom. The standard InChI is InChI=1S/C12H11F3N2OS/c1-17-7-9(6-16-17)11(18)8-2-4-10(5-3-8)19-12(13,14)15/h2-7,11,18H,1H3. The summed E-state index contributed by atoms with van der Waals surface area (Å²) in [5, 5.41) is 14.0. The Morgan fingerprint density at radius 1 is 1.21 bits per heavy atom. The zero-order chi connectivity index (χ0) is 14.0. The summed E-state index contributed by atoms with van der Waals surface area (Å²) in [7, 11) is 1.72. The van der Waals surface area contributed by atoms with Crippen molar-refractivity contribution in [1.82, 2.24) is 9.78 Å². The highest BCUT2D eigenvalue weighted by Gasteiger charge is 2.29. The van der Waals surface area contributed by atoms with Crippen LogP contribution in [0.5, 0.6) is 0 Å². The Kier molecular flexibility index (Phi) is 3.86. The summed E-state index contributed by atoms with van der Waals surface area (Å²) in [6.45, 7) is 0. The molecule has 0 aliphatic carbocycles. The number of alkyl halides is 3. The molecule has 2 rings (SSSR count). The molecule has 0 aliphatic heterocycles. The Morgan fingerprint density at radius 2 is 1.84 bits per heavy atom. The molecular formula is C12H11F3N2OS. The maximum absolute atomic E-state index is 12.2. The van der Waals surface area contributed by atoms with E-state index in [0.29, 0.717) is 11.1 Å². The highest BCUT2D eigenvalue weighted by atomic mass is 32.2. The first kappa shape index (κ1) is 14.0. The summed E-state index contributed by atoms with van der Waals surface area (Å²) in [6.07, 6.45) is 2.28. The second-order valence-corrected chi connectivity index (χ2v) is 5.11. The molecule has 7 heteroatoms. The first-order valence-electron chi connectivity index (χ1n) is 5.37. The van der Waals surface area contributed by atoms with E-state index in [9.17, 15) is 18.3 Å². The second-order valence-electron chi connectivity index (χ2n) is 3.97. The van der Waals surface area contributed by atoms with Gasteiger partial charge in [-0.2, -0.15) is 18.3 Å². The zero-order valence-corrected chi connectivity index (χ0v) is 10.7. The van der Waals surface area contributed by atoms with Gasteiger partial charge in [0, 0.05) is 23.7 Å². The van der Waals surface area contributed by atoms with Gasteiger partial charge in [0.05, 0.1) is 6.20 Å². The number of aromatic nitrogens is 2. The SMILES string of the molecule is Cn1cc(C(O)c2ccc(SC(F)(F)F)cc2)cn1. The van der Waals surface area contributed by atoms with E-state index < -0.39 is 11.6 Å². The first-order chi connectivity index (χ1) is 8.85. The summed E-state index contributed by atoms with van der Waals surface area (Å²) >= 11 is -0.177. The number of aryl methyl sites for hydroxylation is 1. The van der Waals surface area contributed by atoms with E-state index in [1.165, 1.54) is 30.5 Å². The minimum Gasteiger partial charge on any atom is -0.384 e. The average molecular weight is 288 g/mol. The Hall–Kier alpha value is -1.47. The number of hydrogen-bond acceptors (Lipinski definition) is 3. The number of hydrogen-bond donors (Lipinski definition) is 1. The molecule has 3 nitrogen and oxygen atoms in total. The molecule has 0 aliphatic rings. The number of halogens is 3. The van der Waals surface area contributed by atoms with Crippen molar-refractivity contribution in [3.8, 4) is 0 Å². The normalized spacial score (nSPS) is 13.5. The van der Waals surface area contributed by atoms with Gasteiger partial charge in [-0.3, -0.25) is 4.68 Å². The Balaban J connectivity index is 2.14. The number of thioether (sulfide) groups is 1. The quantitative estimate of drug-likeness (QED) is 0.882. The Labute approximate surface area is 112 Å². The summed E-state index contributed by atoms with van der Waals surface area (Å²) in [5.41, 5.74) is -3.18. The largest absolute Gasteiger partial charge is 0.446 e. The fourth-order valence-corrected chi connectivity index (χ4v) is 2.17. The predicted molar refractivity (Wildman–Crippen MR) is 65.6 cm³/mol. The van der Waals surface area contributed by atoms with Crippen LogP contribution >= 0.6 is 11.8 Å². The van der Waals surface area contributed by atoms with Gasteiger partial charge in [0.1, 0.15) is 6.10 Å². The number of benzene rings is 1. The third-order valence-corrected chi connectivity index (χ3v) is 3.21. The van der Waals surface area contributed by atoms with E-state index in [-0.39, 0.29) is 16.7 Å². The number of aliphatic hydroxyl groups is 1. The van der Waals surface area contributed by atoms with Gasteiger partial charge in [-0.15, -0.1) is 0 Å². The van der Waals surface area contributed by atoms with Gasteiger partial charge in [-0.25, -0.2) is 0 Å². The number of aliphatic hydroxyl groups excluding tert-OH is 1. The second kappa shape index (κ2) is 5.26. The van der Waals surface area contributed by atoms with Gasteiger partial charge >= 0.3 is 5.51 Å². The van der Waals surface area contributed by atoms with Gasteiger partial charge in [-0.05, 0) is 29.5 Å². The molecular weight excluding hydrogens is 277 g/mol. The van der Waals surface area contributed by atoms with Crippen LogP contribution in [0.1, 0.15) is 17.2 Å². The lowest BCUT2D eigenvalue weighted by Gasteiger charge is -2.10. The third kappa shape index (κ3) is 3.74. The van der Waals surface area contributed by atoms with Crippen LogP contribution in [0.25, 0.3) is 0 Å². The van der Waals surface area contributed by atoms with Crippen LogP contribution in [-0.4, -0.2) is 20.4 Å². The van der Waals surface area contributed by atoms with Gasteiger partial charge in [-0.1, -0.05) is 12.1 Å². The molecule has 0 radical (unpaired) electrons. The number of rotatable bonds is 3. The minimum atomic E-state index is -4.30. The number of nitrogens with zero attached hydrogens (tertiary/aromatic N) is 2. The van der Waals surface area contributed by atoms with E-state index in [0.717, 1.165) is 0 Å². The van der Waals surface area contributed by atoms with Gasteiger partial charge in [0.2, 0.25) is 0 Å². The van der Waals surface area contributed by atoms with Crippen molar-refractivity contribution in [2.24, 2.45) is 7.05 Å². The molecule has 19 heavy (non-hydrogen) atoms. The highest BCUT2D eigenvalue weighted by Crippen LogP contribution is 2.37. The molecule has 0 spiro atoms. The van der Waals surface area contributed by atoms with Crippen LogP contribution in [0, 0.1) is 0 Å². The van der Waals surface area contributed by atoms with E-state index in [1.807, 2.05) is 0 Å². The molecule has 0 saturated heterocycles. The van der Waals surface area contributed by atoms with Crippen molar-refractivity contribution in [2.45, 2.75) is 16.5 Å². The molecule has 0 fully saturated rings. The molecule has 1 atom stereocenters. The van der Waals surface area contributed by atoms with Crippen LogP contribution in [0.15, 0.2) is 41.6 Å². The maximum atomic E-state index is 12.2. The minimum absolute atomic E-state index is 0.0923. The maximum Gasteiger partial charge on any atom is 0.446 e. The lowest BCUT2D eigenvalue weighted by molar-refractivity contribution is -0.0328. The smallest absolute Gasteiger partial charge is 0.384 e. The van der Waals surface area contributed by atoms with E-state index in [1.54, 1.807) is 17.9 Å². The fourth-order valence-electron chi connectivity index (χ4n) is 1.63. The molecule has 102 valence electrons. The monoisotopic (exact) mass is 288 g/mol. The Bertz CT molecular complexity index is 551. The van der Waals surface area contributed by atoms with Gasteiger partial charge < -0.3 is 5.11 Å². The van der Waals surface area contributed by atoms with Crippen LogP contribution in [0.3, 0.4) is 0 Å². The van der Waals surface area contributed by atoms with E-state index in [2.05, 4.69) is 5.10 Å². The molecule has 1 heterocycles. The summed E-state index contributed by atoms with van der Waals surface area (Å²) in [6, 6.07) is 5.64. The molecule has 1 N–H and O–H groups in total.